The van der Waals surface area contributed by atoms with Crippen LogP contribution in [-0.4, -0.2) is 99.6 Å². The van der Waals surface area contributed by atoms with Gasteiger partial charge < -0.3 is 42.5 Å². The summed E-state index contributed by atoms with van der Waals surface area (Å²) in [6.07, 6.45) is 0. The van der Waals surface area contributed by atoms with Crippen LogP contribution >= 0.6 is 81.6 Å². The average molecular weight is 975 g/mol. The van der Waals surface area contributed by atoms with Crippen LogP contribution in [0.2, 0.25) is 0 Å². The Labute approximate surface area is 309 Å². The van der Waals surface area contributed by atoms with Gasteiger partial charge in [0.15, 0.2) is 0 Å². The standard InChI is InChI=1S/C16H24N8O8.8ClH.4Ni/c25-9-10(26)19-3-4-21-13(29)14(30)23-7-8-24-16(32)15(31)22-6-5-20-12(28)11(27)18-2-1-17-9;;;;;;;;;;;;/h1-8H2,(H,17,25)(H,18,27)(H,19,26)(H,20,28)(H,21,29)(H,22,31)(H,23,30)(H,24,32);8*1H;;;;/q;;;;;;;;;4*+2/p-8. The van der Waals surface area contributed by atoms with E-state index in [0.717, 1.165) is 0 Å². The van der Waals surface area contributed by atoms with E-state index in [9.17, 15) is 38.4 Å². The van der Waals surface area contributed by atoms with E-state index in [4.69, 9.17) is 81.6 Å². The first-order valence-corrected chi connectivity index (χ1v) is 21.3. The van der Waals surface area contributed by atoms with Crippen molar-refractivity contribution in [2.24, 2.45) is 0 Å². The molecule has 0 bridgehead atoms. The molecular weight excluding hydrogens is 951 g/mol. The Morgan fingerprint density at radius 2 is 0.341 bits per heavy atom. The first-order chi connectivity index (χ1) is 20.9. The molecule has 0 aliphatic carbocycles. The van der Waals surface area contributed by atoms with Crippen molar-refractivity contribution in [3.8, 4) is 0 Å². The Morgan fingerprint density at radius 1 is 0.273 bits per heavy atom. The third kappa shape index (κ3) is 36.5. The molecule has 16 nitrogen and oxygen atoms in total. The van der Waals surface area contributed by atoms with Gasteiger partial charge in [-0.1, -0.05) is 0 Å². The van der Waals surface area contributed by atoms with E-state index in [1.807, 2.05) is 0 Å². The van der Waals surface area contributed by atoms with Gasteiger partial charge in [0.05, 0.1) is 0 Å². The van der Waals surface area contributed by atoms with Crippen LogP contribution in [-0.2, 0) is 89.0 Å². The number of amides is 8. The van der Waals surface area contributed by atoms with E-state index in [2.05, 4.69) is 42.5 Å². The van der Waals surface area contributed by atoms with Crippen molar-refractivity contribution in [3.05, 3.63) is 0 Å². The molecule has 1 aliphatic rings. The average Bonchev–Trinajstić information content (AvgIpc) is 2.98. The molecule has 0 radical (unpaired) electrons. The van der Waals surface area contributed by atoms with E-state index in [0.29, 0.717) is 50.6 Å². The molecule has 1 heterocycles. The summed E-state index contributed by atoms with van der Waals surface area (Å²) in [5.41, 5.74) is 0. The number of rotatable bonds is 0. The number of carbonyl (C=O) groups is 8. The second-order valence-electron chi connectivity index (χ2n) is 6.23. The van der Waals surface area contributed by atoms with Gasteiger partial charge in [-0.2, -0.15) is 0 Å². The predicted octanol–water partition coefficient (Wildman–Crippen LogP) is -1.56. The summed E-state index contributed by atoms with van der Waals surface area (Å²) < 4.78 is 0. The van der Waals surface area contributed by atoms with Crippen molar-refractivity contribution in [2.45, 2.75) is 0 Å². The minimum absolute atomic E-state index is 0.145. The Kier molecular flexibility index (Phi) is 45.4. The van der Waals surface area contributed by atoms with Gasteiger partial charge in [0.1, 0.15) is 0 Å². The fourth-order valence-electron chi connectivity index (χ4n) is 2.05. The molecule has 44 heavy (non-hydrogen) atoms. The minimum atomic E-state index is -1.000. The monoisotopic (exact) mass is 968 g/mol. The summed E-state index contributed by atoms with van der Waals surface area (Å²) in [6.45, 7) is -1.16. The Bertz CT molecular complexity index is 692. The second kappa shape index (κ2) is 39.2. The van der Waals surface area contributed by atoms with Gasteiger partial charge >= 0.3 is 179 Å². The number of carbonyl (C=O) groups excluding carboxylic acids is 8. The zero-order valence-electron chi connectivity index (χ0n) is 21.2. The van der Waals surface area contributed by atoms with Crippen LogP contribution in [0.15, 0.2) is 0 Å². The van der Waals surface area contributed by atoms with Gasteiger partial charge in [0.2, 0.25) is 0 Å². The van der Waals surface area contributed by atoms with Crippen molar-refractivity contribution < 1.29 is 89.0 Å². The molecule has 0 saturated carbocycles. The van der Waals surface area contributed by atoms with Crippen molar-refractivity contribution in [3.63, 3.8) is 0 Å². The molecule has 0 unspecified atom stereocenters. The molecule has 272 valence electrons. The maximum absolute atomic E-state index is 11.6. The van der Waals surface area contributed by atoms with E-state index < -0.39 is 47.3 Å². The molecule has 28 heteroatoms. The molecule has 0 spiro atoms. The van der Waals surface area contributed by atoms with E-state index in [1.165, 1.54) is 0 Å². The molecule has 1 fully saturated rings. The maximum atomic E-state index is 11.6. The first kappa shape index (κ1) is 50.9. The van der Waals surface area contributed by atoms with Crippen molar-refractivity contribution >= 4 is 129 Å². The van der Waals surface area contributed by atoms with Crippen molar-refractivity contribution in [1.29, 1.82) is 0 Å². The van der Waals surface area contributed by atoms with Gasteiger partial charge in [-0.3, -0.25) is 38.4 Å². The zero-order valence-corrected chi connectivity index (χ0v) is 31.2. The van der Waals surface area contributed by atoms with E-state index in [-0.39, 0.29) is 52.4 Å². The SMILES string of the molecule is O=C1NCCNC(=O)C(=O)NCCNC(=O)C(=O)NCCNC(=O)C(=O)NCCNC1=O.[Cl][Ni][Cl].[Cl][Ni][Cl].[Cl][Ni][Cl].[Cl][Ni][Cl]. The van der Waals surface area contributed by atoms with Crippen LogP contribution in [0.1, 0.15) is 0 Å². The second-order valence-corrected chi connectivity index (χ2v) is 12.8. The third-order valence-corrected chi connectivity index (χ3v) is 3.61. The summed E-state index contributed by atoms with van der Waals surface area (Å²) in [7, 11) is 37.6. The van der Waals surface area contributed by atoms with Gasteiger partial charge in [-0.05, 0) is 0 Å². The van der Waals surface area contributed by atoms with Crippen molar-refractivity contribution in [2.75, 3.05) is 52.4 Å². The topological polar surface area (TPSA) is 233 Å². The Balaban J connectivity index is -0.000000572. The molecule has 0 aromatic rings. The first-order valence-electron chi connectivity index (χ1n) is 10.4. The van der Waals surface area contributed by atoms with Gasteiger partial charge in [0, 0.05) is 52.4 Å². The van der Waals surface area contributed by atoms with E-state index in [1.54, 1.807) is 0 Å². The summed E-state index contributed by atoms with van der Waals surface area (Å²) in [5, 5.41) is 17.7. The summed E-state index contributed by atoms with van der Waals surface area (Å²) in [4.78, 5) is 92.8. The normalized spacial score (nSPS) is 16.2. The Hall–Kier alpha value is 0.0540. The van der Waals surface area contributed by atoms with E-state index >= 15 is 0 Å². The van der Waals surface area contributed by atoms with Crippen LogP contribution in [0.5, 0.6) is 0 Å². The quantitative estimate of drug-likeness (QED) is 0.104. The van der Waals surface area contributed by atoms with Crippen LogP contribution < -0.4 is 42.5 Å². The zero-order chi connectivity index (χ0) is 34.8. The van der Waals surface area contributed by atoms with Crippen molar-refractivity contribution in [1.82, 2.24) is 42.5 Å². The molecule has 1 aliphatic heterocycles. The number of halogens is 8. The fourth-order valence-corrected chi connectivity index (χ4v) is 2.05. The number of nitrogens with one attached hydrogen (secondary N) is 8. The van der Waals surface area contributed by atoms with Gasteiger partial charge in [-0.25, -0.2) is 0 Å². The molecule has 8 N–H and O–H groups in total. The van der Waals surface area contributed by atoms with Crippen LogP contribution in [0.3, 0.4) is 0 Å². The molecule has 1 saturated heterocycles. The summed E-state index contributed by atoms with van der Waals surface area (Å²) in [5.74, 6) is -8.00. The van der Waals surface area contributed by atoms with Crippen LogP contribution in [0.4, 0.5) is 0 Å². The predicted molar refractivity (Wildman–Crippen MR) is 151 cm³/mol. The number of hydrogen-bond acceptors (Lipinski definition) is 8. The number of hydrogen-bond donors (Lipinski definition) is 8. The molecule has 0 aromatic carbocycles. The molecule has 8 amide bonds. The van der Waals surface area contributed by atoms with Crippen LogP contribution in [0, 0.1) is 0 Å². The molecular formula is C16H24Cl8N8Ni4O8. The van der Waals surface area contributed by atoms with Gasteiger partial charge in [-0.15, -0.1) is 0 Å². The third-order valence-electron chi connectivity index (χ3n) is 3.61. The molecule has 1 rings (SSSR count). The molecule has 0 aromatic heterocycles. The van der Waals surface area contributed by atoms with Crippen LogP contribution in [0.25, 0.3) is 0 Å². The summed E-state index contributed by atoms with van der Waals surface area (Å²) >= 11 is 2.28. The van der Waals surface area contributed by atoms with Gasteiger partial charge in [0.25, 0.3) is 0 Å². The fraction of sp³-hybridized carbons (Fsp3) is 0.500. The summed E-state index contributed by atoms with van der Waals surface area (Å²) in [6, 6.07) is 0. The molecule has 0 atom stereocenters. The Morgan fingerprint density at radius 3 is 0.409 bits per heavy atom.